The van der Waals surface area contributed by atoms with Crippen LogP contribution < -0.4 is 5.73 Å². The monoisotopic (exact) mass is 288 g/mol. The van der Waals surface area contributed by atoms with Gasteiger partial charge in [0.05, 0.1) is 11.5 Å². The lowest BCUT2D eigenvalue weighted by atomic mass is 9.92. The van der Waals surface area contributed by atoms with Crippen molar-refractivity contribution in [3.05, 3.63) is 0 Å². The third-order valence-corrected chi connectivity index (χ3v) is 6.49. The molecule has 1 atom stereocenters. The molecule has 0 aromatic carbocycles. The van der Waals surface area contributed by atoms with Gasteiger partial charge in [0.1, 0.15) is 0 Å². The normalized spacial score (nSPS) is 31.6. The highest BCUT2D eigenvalue weighted by molar-refractivity contribution is 7.91. The molecule has 2 rings (SSSR count). The first-order chi connectivity index (χ1) is 8.88. The average molecular weight is 288 g/mol. The van der Waals surface area contributed by atoms with E-state index in [1.54, 1.807) is 0 Å². The third-order valence-electron chi connectivity index (χ3n) is 4.68. The number of nitrogens with zero attached hydrogens (tertiary/aromatic N) is 1. The number of nitrogens with two attached hydrogens (primary N) is 1. The molecule has 0 bridgehead atoms. The highest BCUT2D eigenvalue weighted by Crippen LogP contribution is 2.36. The van der Waals surface area contributed by atoms with Gasteiger partial charge in [0, 0.05) is 24.7 Å². The van der Waals surface area contributed by atoms with Crippen LogP contribution in [0.15, 0.2) is 0 Å². The maximum absolute atomic E-state index is 11.9. The summed E-state index contributed by atoms with van der Waals surface area (Å²) in [7, 11) is -2.90. The molecule has 0 aromatic rings. The van der Waals surface area contributed by atoms with Gasteiger partial charge in [0.2, 0.25) is 0 Å². The van der Waals surface area contributed by atoms with Gasteiger partial charge >= 0.3 is 0 Å². The van der Waals surface area contributed by atoms with Crippen LogP contribution in [0.1, 0.15) is 46.0 Å². The van der Waals surface area contributed by atoms with Crippen molar-refractivity contribution in [3.63, 3.8) is 0 Å². The third kappa shape index (κ3) is 3.31. The average Bonchev–Trinajstić information content (AvgIpc) is 2.94. The Kier molecular flexibility index (Phi) is 4.58. The molecule has 19 heavy (non-hydrogen) atoms. The van der Waals surface area contributed by atoms with Crippen LogP contribution in [0.5, 0.6) is 0 Å². The molecule has 0 amide bonds. The minimum absolute atomic E-state index is 0.264. The Morgan fingerprint density at radius 2 is 1.95 bits per heavy atom. The molecular weight excluding hydrogens is 260 g/mol. The Balaban J connectivity index is 2.24. The molecule has 2 N–H and O–H groups in total. The maximum Gasteiger partial charge on any atom is 0.152 e. The van der Waals surface area contributed by atoms with Crippen molar-refractivity contribution in [2.24, 2.45) is 11.7 Å². The summed E-state index contributed by atoms with van der Waals surface area (Å²) in [5.41, 5.74) is 5.73. The summed E-state index contributed by atoms with van der Waals surface area (Å²) in [6, 6.07) is 0.541. The Hall–Kier alpha value is -0.130. The molecule has 1 aliphatic carbocycles. The Bertz CT molecular complexity index is 402. The van der Waals surface area contributed by atoms with Crippen molar-refractivity contribution >= 4 is 9.84 Å². The first kappa shape index (κ1) is 15.3. The first-order valence-electron chi connectivity index (χ1n) is 7.56. The van der Waals surface area contributed by atoms with E-state index in [1.807, 2.05) is 0 Å². The molecule has 5 heteroatoms. The zero-order valence-corrected chi connectivity index (χ0v) is 13.1. The standard InChI is InChI=1S/C14H28N2O2S/c1-12(2)9-16(13-5-3-4-6-13)14(10-15)7-8-19(17,18)11-14/h12-13H,3-11,15H2,1-2H3. The molecule has 1 unspecified atom stereocenters. The van der Waals surface area contributed by atoms with Crippen molar-refractivity contribution in [2.45, 2.75) is 57.5 Å². The van der Waals surface area contributed by atoms with E-state index in [1.165, 1.54) is 25.7 Å². The van der Waals surface area contributed by atoms with E-state index in [0.717, 1.165) is 13.0 Å². The summed E-state index contributed by atoms with van der Waals surface area (Å²) in [4.78, 5) is 2.47. The summed E-state index contributed by atoms with van der Waals surface area (Å²) in [6.45, 7) is 5.85. The summed E-state index contributed by atoms with van der Waals surface area (Å²) < 4.78 is 23.9. The van der Waals surface area contributed by atoms with Gasteiger partial charge in [0.25, 0.3) is 0 Å². The predicted molar refractivity (Wildman–Crippen MR) is 78.9 cm³/mol. The Morgan fingerprint density at radius 3 is 2.37 bits per heavy atom. The lowest BCUT2D eigenvalue weighted by molar-refractivity contribution is 0.0553. The van der Waals surface area contributed by atoms with Gasteiger partial charge in [-0.3, -0.25) is 4.90 Å². The molecule has 0 radical (unpaired) electrons. The van der Waals surface area contributed by atoms with Crippen LogP contribution in [0.2, 0.25) is 0 Å². The van der Waals surface area contributed by atoms with Crippen molar-refractivity contribution in [1.29, 1.82) is 0 Å². The predicted octanol–water partition coefficient (Wildman–Crippen LogP) is 1.40. The van der Waals surface area contributed by atoms with Gasteiger partial charge in [-0.1, -0.05) is 26.7 Å². The van der Waals surface area contributed by atoms with E-state index in [9.17, 15) is 8.42 Å². The summed E-state index contributed by atoms with van der Waals surface area (Å²) in [6.07, 6.45) is 5.66. The molecular formula is C14H28N2O2S. The zero-order chi connectivity index (χ0) is 14.1. The summed E-state index contributed by atoms with van der Waals surface area (Å²) in [5, 5.41) is 0. The molecule has 1 saturated carbocycles. The quantitative estimate of drug-likeness (QED) is 0.830. The largest absolute Gasteiger partial charge is 0.329 e. The van der Waals surface area contributed by atoms with Gasteiger partial charge in [-0.25, -0.2) is 8.42 Å². The fourth-order valence-electron chi connectivity index (χ4n) is 3.74. The minimum Gasteiger partial charge on any atom is -0.329 e. The molecule has 1 heterocycles. The zero-order valence-electron chi connectivity index (χ0n) is 12.3. The van der Waals surface area contributed by atoms with Crippen LogP contribution in [-0.2, 0) is 9.84 Å². The molecule has 1 aliphatic heterocycles. The summed E-state index contributed by atoms with van der Waals surface area (Å²) >= 11 is 0. The minimum atomic E-state index is -2.90. The number of sulfone groups is 1. The Labute approximate surface area is 117 Å². The highest BCUT2D eigenvalue weighted by Gasteiger charge is 2.48. The second-order valence-electron chi connectivity index (χ2n) is 6.75. The van der Waals surface area contributed by atoms with E-state index in [0.29, 0.717) is 24.3 Å². The van der Waals surface area contributed by atoms with Gasteiger partial charge < -0.3 is 5.73 Å². The SMILES string of the molecule is CC(C)CN(C1CCCC1)C1(CN)CCS(=O)(=O)C1. The van der Waals surface area contributed by atoms with Crippen LogP contribution in [0.4, 0.5) is 0 Å². The second kappa shape index (κ2) is 5.70. The number of hydrogen-bond acceptors (Lipinski definition) is 4. The van der Waals surface area contributed by atoms with Gasteiger partial charge in [0.15, 0.2) is 9.84 Å². The fraction of sp³-hybridized carbons (Fsp3) is 1.00. The Morgan fingerprint density at radius 1 is 1.32 bits per heavy atom. The van der Waals surface area contributed by atoms with E-state index >= 15 is 0 Å². The summed E-state index contributed by atoms with van der Waals surface area (Å²) in [5.74, 6) is 1.12. The molecule has 2 fully saturated rings. The van der Waals surface area contributed by atoms with Crippen molar-refractivity contribution < 1.29 is 8.42 Å². The smallest absolute Gasteiger partial charge is 0.152 e. The molecule has 0 aromatic heterocycles. The van der Waals surface area contributed by atoms with Crippen LogP contribution in [0.3, 0.4) is 0 Å². The molecule has 2 aliphatic rings. The van der Waals surface area contributed by atoms with E-state index in [-0.39, 0.29) is 11.3 Å². The van der Waals surface area contributed by atoms with Crippen molar-refractivity contribution in [3.8, 4) is 0 Å². The lowest BCUT2D eigenvalue weighted by Crippen LogP contribution is -2.59. The van der Waals surface area contributed by atoms with Crippen molar-refractivity contribution in [2.75, 3.05) is 24.6 Å². The van der Waals surface area contributed by atoms with Crippen LogP contribution in [-0.4, -0.2) is 49.5 Å². The van der Waals surface area contributed by atoms with Gasteiger partial charge in [-0.05, 0) is 25.2 Å². The lowest BCUT2D eigenvalue weighted by Gasteiger charge is -2.44. The van der Waals surface area contributed by atoms with E-state index < -0.39 is 9.84 Å². The first-order valence-corrected chi connectivity index (χ1v) is 9.38. The topological polar surface area (TPSA) is 63.4 Å². The van der Waals surface area contributed by atoms with Gasteiger partial charge in [-0.15, -0.1) is 0 Å². The molecule has 1 saturated heterocycles. The highest BCUT2D eigenvalue weighted by atomic mass is 32.2. The second-order valence-corrected chi connectivity index (χ2v) is 8.94. The molecule has 112 valence electrons. The van der Waals surface area contributed by atoms with Gasteiger partial charge in [-0.2, -0.15) is 0 Å². The molecule has 4 nitrogen and oxygen atoms in total. The van der Waals surface area contributed by atoms with Crippen LogP contribution in [0, 0.1) is 5.92 Å². The fourth-order valence-corrected chi connectivity index (χ4v) is 5.83. The van der Waals surface area contributed by atoms with Crippen molar-refractivity contribution in [1.82, 2.24) is 4.90 Å². The number of rotatable bonds is 5. The maximum atomic E-state index is 11.9. The van der Waals surface area contributed by atoms with Crippen LogP contribution >= 0.6 is 0 Å². The number of hydrogen-bond donors (Lipinski definition) is 1. The molecule has 0 spiro atoms. The van der Waals surface area contributed by atoms with Crippen LogP contribution in [0.25, 0.3) is 0 Å². The van der Waals surface area contributed by atoms with E-state index in [2.05, 4.69) is 18.7 Å². The van der Waals surface area contributed by atoms with E-state index in [4.69, 9.17) is 5.73 Å².